The monoisotopic (exact) mass is 295 g/mol. The zero-order valence-corrected chi connectivity index (χ0v) is 13.5. The molecule has 0 bridgehead atoms. The van der Waals surface area contributed by atoms with Crippen molar-refractivity contribution in [1.29, 1.82) is 0 Å². The standard InChI is InChI=1S/C17H33N3O/c18-17(14-21)8-4-5-15(17)6-11-19-12-7-16(13-19)20-9-2-1-3-10-20/h15-16,21H,1-14,18H2. The average Bonchev–Trinajstić information content (AvgIpc) is 3.13. The van der Waals surface area contributed by atoms with E-state index in [-0.39, 0.29) is 12.1 Å². The molecule has 3 aliphatic rings. The highest BCUT2D eigenvalue weighted by molar-refractivity contribution is 4.96. The summed E-state index contributed by atoms with van der Waals surface area (Å²) in [6, 6.07) is 0.800. The number of nitrogens with zero attached hydrogens (tertiary/aromatic N) is 2. The summed E-state index contributed by atoms with van der Waals surface area (Å²) in [7, 11) is 0. The summed E-state index contributed by atoms with van der Waals surface area (Å²) in [6.45, 7) is 6.48. The molecule has 0 aromatic rings. The Morgan fingerprint density at radius 1 is 1.05 bits per heavy atom. The molecule has 4 nitrogen and oxygen atoms in total. The molecular weight excluding hydrogens is 262 g/mol. The van der Waals surface area contributed by atoms with Gasteiger partial charge in [0.15, 0.2) is 0 Å². The van der Waals surface area contributed by atoms with Crippen LogP contribution in [0.3, 0.4) is 0 Å². The van der Waals surface area contributed by atoms with Gasteiger partial charge in [-0.25, -0.2) is 0 Å². The van der Waals surface area contributed by atoms with Gasteiger partial charge in [0.1, 0.15) is 0 Å². The Morgan fingerprint density at radius 3 is 2.62 bits per heavy atom. The molecule has 2 heterocycles. The van der Waals surface area contributed by atoms with E-state index in [4.69, 9.17) is 5.73 Å². The summed E-state index contributed by atoms with van der Waals surface area (Å²) >= 11 is 0. The van der Waals surface area contributed by atoms with Crippen LogP contribution in [0.1, 0.15) is 51.4 Å². The van der Waals surface area contributed by atoms with Gasteiger partial charge >= 0.3 is 0 Å². The first-order valence-electron chi connectivity index (χ1n) is 9.07. The van der Waals surface area contributed by atoms with Crippen molar-refractivity contribution < 1.29 is 5.11 Å². The normalized spacial score (nSPS) is 39.1. The van der Waals surface area contributed by atoms with Crippen LogP contribution in [0.15, 0.2) is 0 Å². The fourth-order valence-electron chi connectivity index (χ4n) is 4.74. The Balaban J connectivity index is 1.42. The molecule has 2 aliphatic heterocycles. The maximum absolute atomic E-state index is 9.55. The Hall–Kier alpha value is -0.160. The van der Waals surface area contributed by atoms with Gasteiger partial charge in [0.2, 0.25) is 0 Å². The molecule has 122 valence electrons. The van der Waals surface area contributed by atoms with Crippen molar-refractivity contribution in [1.82, 2.24) is 9.80 Å². The molecule has 3 fully saturated rings. The summed E-state index contributed by atoms with van der Waals surface area (Å²) < 4.78 is 0. The molecule has 3 unspecified atom stereocenters. The average molecular weight is 295 g/mol. The van der Waals surface area contributed by atoms with Crippen LogP contribution in [0, 0.1) is 5.92 Å². The second kappa shape index (κ2) is 6.95. The minimum Gasteiger partial charge on any atom is -0.394 e. The molecule has 3 rings (SSSR count). The van der Waals surface area contributed by atoms with E-state index in [1.54, 1.807) is 0 Å². The van der Waals surface area contributed by atoms with E-state index >= 15 is 0 Å². The molecule has 1 saturated carbocycles. The Labute approximate surface area is 129 Å². The van der Waals surface area contributed by atoms with Crippen LogP contribution in [0.2, 0.25) is 0 Å². The van der Waals surface area contributed by atoms with Gasteiger partial charge in [-0.05, 0) is 70.6 Å². The minimum absolute atomic E-state index is 0.161. The van der Waals surface area contributed by atoms with Gasteiger partial charge in [-0.3, -0.25) is 4.90 Å². The number of hydrogen-bond donors (Lipinski definition) is 2. The van der Waals surface area contributed by atoms with Gasteiger partial charge < -0.3 is 15.7 Å². The first kappa shape index (κ1) is 15.7. The van der Waals surface area contributed by atoms with Crippen molar-refractivity contribution in [2.24, 2.45) is 11.7 Å². The van der Waals surface area contributed by atoms with Gasteiger partial charge in [-0.1, -0.05) is 12.8 Å². The van der Waals surface area contributed by atoms with Crippen LogP contribution in [0.4, 0.5) is 0 Å². The number of aliphatic hydroxyl groups is 1. The second-order valence-electron chi connectivity index (χ2n) is 7.61. The molecular formula is C17H33N3O. The van der Waals surface area contributed by atoms with Crippen LogP contribution >= 0.6 is 0 Å². The van der Waals surface area contributed by atoms with E-state index in [1.165, 1.54) is 77.7 Å². The van der Waals surface area contributed by atoms with E-state index < -0.39 is 0 Å². The minimum atomic E-state index is -0.286. The molecule has 2 saturated heterocycles. The van der Waals surface area contributed by atoms with E-state index in [2.05, 4.69) is 9.80 Å². The fraction of sp³-hybridized carbons (Fsp3) is 1.00. The molecule has 21 heavy (non-hydrogen) atoms. The predicted molar refractivity (Wildman–Crippen MR) is 86.2 cm³/mol. The highest BCUT2D eigenvalue weighted by atomic mass is 16.3. The molecule has 4 heteroatoms. The number of piperidine rings is 1. The highest BCUT2D eigenvalue weighted by Gasteiger charge is 2.39. The molecule has 0 amide bonds. The number of aliphatic hydroxyl groups excluding tert-OH is 1. The van der Waals surface area contributed by atoms with Crippen LogP contribution in [-0.4, -0.2) is 65.8 Å². The largest absolute Gasteiger partial charge is 0.394 e. The van der Waals surface area contributed by atoms with Crippen LogP contribution in [0.5, 0.6) is 0 Å². The zero-order valence-electron chi connectivity index (χ0n) is 13.5. The molecule has 0 aromatic carbocycles. The molecule has 1 aliphatic carbocycles. The molecule has 0 radical (unpaired) electrons. The van der Waals surface area contributed by atoms with Gasteiger partial charge in [0.05, 0.1) is 6.61 Å². The van der Waals surface area contributed by atoms with Crippen molar-refractivity contribution in [3.8, 4) is 0 Å². The van der Waals surface area contributed by atoms with Crippen molar-refractivity contribution >= 4 is 0 Å². The quantitative estimate of drug-likeness (QED) is 0.805. The topological polar surface area (TPSA) is 52.7 Å². The third-order valence-electron chi connectivity index (χ3n) is 6.25. The number of hydrogen-bond acceptors (Lipinski definition) is 4. The van der Waals surface area contributed by atoms with E-state index in [0.717, 1.165) is 12.5 Å². The lowest BCUT2D eigenvalue weighted by Crippen LogP contribution is -2.48. The highest BCUT2D eigenvalue weighted by Crippen LogP contribution is 2.36. The second-order valence-corrected chi connectivity index (χ2v) is 7.61. The predicted octanol–water partition coefficient (Wildman–Crippen LogP) is 1.43. The summed E-state index contributed by atoms with van der Waals surface area (Å²) in [6.07, 6.45) is 10.1. The molecule has 3 atom stereocenters. The number of likely N-dealkylation sites (tertiary alicyclic amines) is 2. The zero-order chi connectivity index (χ0) is 14.7. The lowest BCUT2D eigenvalue weighted by molar-refractivity contribution is 0.141. The summed E-state index contributed by atoms with van der Waals surface area (Å²) in [4.78, 5) is 5.36. The first-order chi connectivity index (χ1) is 10.2. The van der Waals surface area contributed by atoms with Gasteiger partial charge in [-0.15, -0.1) is 0 Å². The van der Waals surface area contributed by atoms with Gasteiger partial charge in [0.25, 0.3) is 0 Å². The Morgan fingerprint density at radius 2 is 1.86 bits per heavy atom. The molecule has 0 aromatic heterocycles. The number of rotatable bonds is 5. The van der Waals surface area contributed by atoms with Gasteiger partial charge in [-0.2, -0.15) is 0 Å². The van der Waals surface area contributed by atoms with Crippen LogP contribution in [0.25, 0.3) is 0 Å². The lowest BCUT2D eigenvalue weighted by atomic mass is 9.86. The summed E-state index contributed by atoms with van der Waals surface area (Å²) in [5, 5.41) is 9.55. The van der Waals surface area contributed by atoms with Crippen LogP contribution in [-0.2, 0) is 0 Å². The fourth-order valence-corrected chi connectivity index (χ4v) is 4.74. The first-order valence-corrected chi connectivity index (χ1v) is 9.07. The van der Waals surface area contributed by atoms with Crippen molar-refractivity contribution in [3.05, 3.63) is 0 Å². The van der Waals surface area contributed by atoms with Gasteiger partial charge in [0, 0.05) is 18.1 Å². The molecule has 3 N–H and O–H groups in total. The molecule has 0 spiro atoms. The van der Waals surface area contributed by atoms with E-state index in [0.29, 0.717) is 5.92 Å². The lowest BCUT2D eigenvalue weighted by Gasteiger charge is -2.33. The maximum atomic E-state index is 9.55. The van der Waals surface area contributed by atoms with E-state index in [9.17, 15) is 5.11 Å². The van der Waals surface area contributed by atoms with E-state index in [1.807, 2.05) is 0 Å². The smallest absolute Gasteiger partial charge is 0.0613 e. The summed E-state index contributed by atoms with van der Waals surface area (Å²) in [5.41, 5.74) is 6.07. The van der Waals surface area contributed by atoms with Crippen LogP contribution < -0.4 is 5.73 Å². The SMILES string of the molecule is NC1(CO)CCCC1CCN1CCC(N2CCCCC2)C1. The van der Waals surface area contributed by atoms with Crippen molar-refractivity contribution in [3.63, 3.8) is 0 Å². The summed E-state index contributed by atoms with van der Waals surface area (Å²) in [5.74, 6) is 0.525. The Bertz CT molecular complexity index is 332. The third kappa shape index (κ3) is 3.61. The number of nitrogens with two attached hydrogens (primary N) is 1. The van der Waals surface area contributed by atoms with Crippen molar-refractivity contribution in [2.45, 2.75) is 62.9 Å². The third-order valence-corrected chi connectivity index (χ3v) is 6.25. The maximum Gasteiger partial charge on any atom is 0.0613 e. The van der Waals surface area contributed by atoms with Crippen molar-refractivity contribution in [2.75, 3.05) is 39.3 Å². The Kier molecular flexibility index (Phi) is 5.20.